The maximum absolute atomic E-state index is 5.60. The number of benzene rings is 1. The molecule has 0 aliphatic carbocycles. The van der Waals surface area contributed by atoms with Crippen LogP contribution in [0.1, 0.15) is 24.0 Å². The molecule has 1 saturated heterocycles. The Morgan fingerprint density at radius 1 is 1.24 bits per heavy atom. The quantitative estimate of drug-likeness (QED) is 0.686. The number of fused-ring (bicyclic) bond motifs is 2. The van der Waals surface area contributed by atoms with Gasteiger partial charge < -0.3 is 15.0 Å². The molecule has 1 aromatic carbocycles. The number of aryl methyl sites for hydroxylation is 1. The number of nitrogens with one attached hydrogen (secondary N) is 1. The molecule has 6 nitrogen and oxygen atoms in total. The molecule has 2 aliphatic heterocycles. The standard InChI is InChI=1S/C20H27N5OS.2ClH/c1-4-26-12-9-15-13-25(11-10-24(15)3)19-18-20(27-14(2)21-18)23-17-8-6-5-7-16(17)22-19;;/h5-8,15,23H,4,9-13H2,1-3H3;2*1H/t15-;;/m0../s1. The monoisotopic (exact) mass is 457 g/mol. The summed E-state index contributed by atoms with van der Waals surface area (Å²) < 4.78 is 5.60. The van der Waals surface area contributed by atoms with Gasteiger partial charge in [0.05, 0.1) is 16.4 Å². The number of piperazine rings is 1. The molecule has 1 N–H and O–H groups in total. The Labute approximate surface area is 189 Å². The van der Waals surface area contributed by atoms with Crippen molar-refractivity contribution in [2.24, 2.45) is 4.99 Å². The molecule has 1 atom stereocenters. The van der Waals surface area contributed by atoms with Crippen LogP contribution in [0.3, 0.4) is 0 Å². The number of amidine groups is 1. The number of aromatic nitrogens is 1. The van der Waals surface area contributed by atoms with Crippen LogP contribution in [0, 0.1) is 6.92 Å². The van der Waals surface area contributed by atoms with Gasteiger partial charge in [0.15, 0.2) is 5.84 Å². The van der Waals surface area contributed by atoms with Crippen molar-refractivity contribution in [1.29, 1.82) is 0 Å². The Bertz CT molecular complexity index is 844. The Balaban J connectivity index is 0.00000150. The zero-order valence-corrected chi connectivity index (χ0v) is 19.5. The van der Waals surface area contributed by atoms with Crippen LogP contribution in [0.4, 0.5) is 16.4 Å². The summed E-state index contributed by atoms with van der Waals surface area (Å²) in [4.78, 5) is 14.7. The number of halogens is 2. The van der Waals surface area contributed by atoms with Gasteiger partial charge in [-0.1, -0.05) is 12.1 Å². The predicted octanol–water partition coefficient (Wildman–Crippen LogP) is 4.47. The third-order valence-electron chi connectivity index (χ3n) is 5.20. The van der Waals surface area contributed by atoms with Gasteiger partial charge in [0.25, 0.3) is 0 Å². The molecule has 2 aromatic rings. The number of anilines is 2. The zero-order valence-electron chi connectivity index (χ0n) is 17.1. The van der Waals surface area contributed by atoms with Gasteiger partial charge in [-0.3, -0.25) is 4.90 Å². The van der Waals surface area contributed by atoms with Crippen LogP contribution in [0.15, 0.2) is 29.3 Å². The van der Waals surface area contributed by atoms with E-state index in [1.807, 2.05) is 19.1 Å². The third-order valence-corrected chi connectivity index (χ3v) is 6.09. The SMILES string of the molecule is CCOCC[C@H]1CN(C2=Nc3ccccc3Nc3sc(C)nc32)CCN1C.Cl.Cl. The number of hydrogen-bond acceptors (Lipinski definition) is 7. The van der Waals surface area contributed by atoms with Crippen LogP contribution >= 0.6 is 36.2 Å². The summed E-state index contributed by atoms with van der Waals surface area (Å²) in [6.45, 7) is 8.60. The number of nitrogens with zero attached hydrogens (tertiary/aromatic N) is 4. The van der Waals surface area contributed by atoms with Crippen molar-refractivity contribution in [2.45, 2.75) is 26.3 Å². The van der Waals surface area contributed by atoms with Crippen molar-refractivity contribution in [1.82, 2.24) is 14.8 Å². The topological polar surface area (TPSA) is 53.0 Å². The molecule has 29 heavy (non-hydrogen) atoms. The van der Waals surface area contributed by atoms with E-state index in [0.717, 1.165) is 72.2 Å². The van der Waals surface area contributed by atoms with Crippen molar-refractivity contribution < 1.29 is 4.74 Å². The van der Waals surface area contributed by atoms with Crippen molar-refractivity contribution in [3.63, 3.8) is 0 Å². The molecule has 0 unspecified atom stereocenters. The average Bonchev–Trinajstić information content (AvgIpc) is 2.95. The van der Waals surface area contributed by atoms with E-state index in [0.29, 0.717) is 6.04 Å². The summed E-state index contributed by atoms with van der Waals surface area (Å²) in [5, 5.41) is 5.68. The highest BCUT2D eigenvalue weighted by Gasteiger charge is 2.30. The van der Waals surface area contributed by atoms with Crippen LogP contribution in [0.2, 0.25) is 0 Å². The van der Waals surface area contributed by atoms with Crippen molar-refractivity contribution >= 4 is 58.4 Å². The molecule has 0 radical (unpaired) electrons. The summed E-state index contributed by atoms with van der Waals surface area (Å²) in [5.41, 5.74) is 2.99. The highest BCUT2D eigenvalue weighted by molar-refractivity contribution is 7.16. The van der Waals surface area contributed by atoms with Gasteiger partial charge in [-0.15, -0.1) is 36.2 Å². The van der Waals surface area contributed by atoms with E-state index in [1.54, 1.807) is 11.3 Å². The first kappa shape index (κ1) is 23.9. The molecule has 4 rings (SSSR count). The summed E-state index contributed by atoms with van der Waals surface area (Å²) >= 11 is 1.69. The Hall–Kier alpha value is -1.38. The molecule has 0 bridgehead atoms. The number of ether oxygens (including phenoxy) is 1. The Morgan fingerprint density at radius 3 is 2.83 bits per heavy atom. The molecule has 2 aliphatic rings. The van der Waals surface area contributed by atoms with Crippen LogP contribution < -0.4 is 5.32 Å². The van der Waals surface area contributed by atoms with Gasteiger partial charge in [-0.25, -0.2) is 9.98 Å². The smallest absolute Gasteiger partial charge is 0.158 e. The zero-order chi connectivity index (χ0) is 18.8. The molecule has 0 spiro atoms. The van der Waals surface area contributed by atoms with Crippen LogP contribution in [0.5, 0.6) is 0 Å². The summed E-state index contributed by atoms with van der Waals surface area (Å²) in [5.74, 6) is 0.987. The fourth-order valence-electron chi connectivity index (χ4n) is 3.66. The molecule has 0 amide bonds. The number of thiazole rings is 1. The van der Waals surface area contributed by atoms with E-state index >= 15 is 0 Å². The summed E-state index contributed by atoms with van der Waals surface area (Å²) in [7, 11) is 2.21. The highest BCUT2D eigenvalue weighted by Crippen LogP contribution is 2.37. The maximum Gasteiger partial charge on any atom is 0.158 e. The largest absolute Gasteiger partial charge is 0.382 e. The van der Waals surface area contributed by atoms with Crippen molar-refractivity contribution in [2.75, 3.05) is 45.2 Å². The molecule has 160 valence electrons. The fourth-order valence-corrected chi connectivity index (χ4v) is 4.49. The second-order valence-electron chi connectivity index (χ2n) is 7.05. The van der Waals surface area contributed by atoms with E-state index in [2.05, 4.69) is 41.2 Å². The summed E-state index contributed by atoms with van der Waals surface area (Å²) in [6, 6.07) is 8.68. The number of para-hydroxylation sites is 2. The van der Waals surface area contributed by atoms with E-state index < -0.39 is 0 Å². The lowest BCUT2D eigenvalue weighted by Gasteiger charge is -2.40. The number of aliphatic imine (C=N–C) groups is 1. The van der Waals surface area contributed by atoms with Gasteiger partial charge >= 0.3 is 0 Å². The van der Waals surface area contributed by atoms with E-state index in [9.17, 15) is 0 Å². The van der Waals surface area contributed by atoms with E-state index in [1.165, 1.54) is 0 Å². The lowest BCUT2D eigenvalue weighted by Crippen LogP contribution is -2.53. The van der Waals surface area contributed by atoms with Gasteiger partial charge in [0.2, 0.25) is 0 Å². The molecule has 3 heterocycles. The van der Waals surface area contributed by atoms with Gasteiger partial charge in [0.1, 0.15) is 10.7 Å². The number of hydrogen-bond donors (Lipinski definition) is 1. The first-order valence-corrected chi connectivity index (χ1v) is 10.4. The number of rotatable bonds is 4. The fraction of sp³-hybridized carbons (Fsp3) is 0.500. The molecule has 1 aromatic heterocycles. The second kappa shape index (κ2) is 10.6. The van der Waals surface area contributed by atoms with Crippen LogP contribution in [-0.2, 0) is 4.74 Å². The number of likely N-dealkylation sites (N-methyl/N-ethyl adjacent to an activating group) is 1. The molecular weight excluding hydrogens is 429 g/mol. The van der Waals surface area contributed by atoms with Crippen molar-refractivity contribution in [3.8, 4) is 0 Å². The normalized spacial score (nSPS) is 18.4. The molecule has 9 heteroatoms. The minimum atomic E-state index is 0. The lowest BCUT2D eigenvalue weighted by molar-refractivity contribution is 0.0843. The van der Waals surface area contributed by atoms with E-state index in [4.69, 9.17) is 14.7 Å². The second-order valence-corrected chi connectivity index (χ2v) is 8.26. The molecular formula is C20H29Cl2N5OS. The lowest BCUT2D eigenvalue weighted by atomic mass is 10.1. The predicted molar refractivity (Wildman–Crippen MR) is 126 cm³/mol. The maximum atomic E-state index is 5.60. The minimum Gasteiger partial charge on any atom is -0.382 e. The van der Waals surface area contributed by atoms with Gasteiger partial charge in [0, 0.05) is 38.9 Å². The molecule has 0 saturated carbocycles. The first-order valence-electron chi connectivity index (χ1n) is 9.61. The minimum absolute atomic E-state index is 0. The van der Waals surface area contributed by atoms with E-state index in [-0.39, 0.29) is 24.8 Å². The van der Waals surface area contributed by atoms with Crippen molar-refractivity contribution in [3.05, 3.63) is 35.0 Å². The third kappa shape index (κ3) is 5.22. The van der Waals surface area contributed by atoms with Crippen LogP contribution in [-0.4, -0.2) is 66.6 Å². The average molecular weight is 458 g/mol. The van der Waals surface area contributed by atoms with Crippen LogP contribution in [0.25, 0.3) is 0 Å². The first-order chi connectivity index (χ1) is 13.2. The summed E-state index contributed by atoms with van der Waals surface area (Å²) in [6.07, 6.45) is 1.03. The Morgan fingerprint density at radius 2 is 2.03 bits per heavy atom. The van der Waals surface area contributed by atoms with Gasteiger partial charge in [-0.2, -0.15) is 0 Å². The molecule has 1 fully saturated rings. The Kier molecular flexibility index (Phi) is 8.73. The van der Waals surface area contributed by atoms with Gasteiger partial charge in [-0.05, 0) is 39.4 Å². The highest BCUT2D eigenvalue weighted by atomic mass is 35.5.